The average Bonchev–Trinajstić information content (AvgIpc) is 3.27. The van der Waals surface area contributed by atoms with Crippen molar-refractivity contribution in [1.29, 1.82) is 5.26 Å². The third kappa shape index (κ3) is 4.01. The third-order valence-corrected chi connectivity index (χ3v) is 6.35. The van der Waals surface area contributed by atoms with Crippen molar-refractivity contribution in [2.75, 3.05) is 0 Å². The maximum Gasteiger partial charge on any atom is 0.116 e. The van der Waals surface area contributed by atoms with Gasteiger partial charge in [0.1, 0.15) is 11.1 Å². The number of benzene rings is 2. The van der Waals surface area contributed by atoms with Gasteiger partial charge in [-0.2, -0.15) is 5.26 Å². The molecule has 28 heavy (non-hydrogen) atoms. The average molecular weight is 399 g/mol. The van der Waals surface area contributed by atoms with Gasteiger partial charge in [0.25, 0.3) is 0 Å². The van der Waals surface area contributed by atoms with Gasteiger partial charge in [-0.3, -0.25) is 0 Å². The molecule has 2 nitrogen and oxygen atoms in total. The van der Waals surface area contributed by atoms with Crippen molar-refractivity contribution in [3.63, 3.8) is 0 Å². The summed E-state index contributed by atoms with van der Waals surface area (Å²) >= 11 is 3.29. The first-order valence-corrected chi connectivity index (χ1v) is 10.8. The number of nitriles is 1. The lowest BCUT2D eigenvalue weighted by Gasteiger charge is -2.12. The fraction of sp³-hybridized carbons (Fsp3) is 0.0833. The summed E-state index contributed by atoms with van der Waals surface area (Å²) in [7, 11) is 0. The highest BCUT2D eigenvalue weighted by molar-refractivity contribution is 7.98. The van der Waals surface area contributed by atoms with Crippen LogP contribution in [-0.2, 0) is 5.75 Å². The van der Waals surface area contributed by atoms with E-state index in [1.165, 1.54) is 11.1 Å². The second-order valence-electron chi connectivity index (χ2n) is 6.47. The van der Waals surface area contributed by atoms with Crippen molar-refractivity contribution in [3.8, 4) is 27.8 Å². The zero-order valence-corrected chi connectivity index (χ0v) is 17.1. The SMILES string of the molecule is Cc1cccc(CSc2nc(-c3cccs3)cc(-c3ccccc3)c2C#N)c1. The van der Waals surface area contributed by atoms with E-state index in [-0.39, 0.29) is 0 Å². The summed E-state index contributed by atoms with van der Waals surface area (Å²) in [6.45, 7) is 2.10. The maximum absolute atomic E-state index is 9.92. The summed E-state index contributed by atoms with van der Waals surface area (Å²) in [6.07, 6.45) is 0. The Labute approximate surface area is 173 Å². The first-order valence-electron chi connectivity index (χ1n) is 8.97. The van der Waals surface area contributed by atoms with Gasteiger partial charge in [0.05, 0.1) is 16.1 Å². The van der Waals surface area contributed by atoms with E-state index in [0.717, 1.165) is 32.5 Å². The molecule has 4 heteroatoms. The largest absolute Gasteiger partial charge is 0.239 e. The minimum Gasteiger partial charge on any atom is -0.239 e. The first kappa shape index (κ1) is 18.5. The molecule has 0 aliphatic heterocycles. The van der Waals surface area contributed by atoms with Crippen molar-refractivity contribution >= 4 is 23.1 Å². The molecule has 0 saturated heterocycles. The van der Waals surface area contributed by atoms with Gasteiger partial charge in [0.15, 0.2) is 0 Å². The van der Waals surface area contributed by atoms with Crippen LogP contribution in [-0.4, -0.2) is 4.98 Å². The highest BCUT2D eigenvalue weighted by Gasteiger charge is 2.16. The summed E-state index contributed by atoms with van der Waals surface area (Å²) in [5.41, 5.74) is 6.01. The molecule has 136 valence electrons. The molecule has 4 rings (SSSR count). The van der Waals surface area contributed by atoms with Gasteiger partial charge < -0.3 is 0 Å². The second-order valence-corrected chi connectivity index (χ2v) is 8.38. The Balaban J connectivity index is 1.79. The zero-order chi connectivity index (χ0) is 19.3. The van der Waals surface area contributed by atoms with Crippen LogP contribution in [0.4, 0.5) is 0 Å². The molecular formula is C24H18N2S2. The number of hydrogen-bond donors (Lipinski definition) is 0. The van der Waals surface area contributed by atoms with Crippen molar-refractivity contribution in [1.82, 2.24) is 4.98 Å². The van der Waals surface area contributed by atoms with E-state index < -0.39 is 0 Å². The standard InChI is InChI=1S/C24H18N2S2/c1-17-7-5-8-18(13-17)16-28-24-21(15-25)20(19-9-3-2-4-10-19)14-22(26-24)23-11-6-12-27-23/h2-14H,16H2,1H3. The van der Waals surface area contributed by atoms with Crippen LogP contribution in [0.3, 0.4) is 0 Å². The van der Waals surface area contributed by atoms with Crippen LogP contribution >= 0.6 is 23.1 Å². The highest BCUT2D eigenvalue weighted by atomic mass is 32.2. The number of nitrogens with zero attached hydrogens (tertiary/aromatic N) is 2. The number of aryl methyl sites for hydroxylation is 1. The van der Waals surface area contributed by atoms with Crippen LogP contribution in [0.1, 0.15) is 16.7 Å². The summed E-state index contributed by atoms with van der Waals surface area (Å²) in [5, 5.41) is 12.8. The fourth-order valence-corrected chi connectivity index (χ4v) is 4.72. The van der Waals surface area contributed by atoms with Crippen molar-refractivity contribution in [2.45, 2.75) is 17.7 Å². The van der Waals surface area contributed by atoms with Gasteiger partial charge in [-0.15, -0.1) is 23.1 Å². The van der Waals surface area contributed by atoms with Gasteiger partial charge in [-0.1, -0.05) is 66.2 Å². The number of rotatable bonds is 5. The number of thiophene rings is 1. The first-order chi connectivity index (χ1) is 13.7. The van der Waals surface area contributed by atoms with E-state index in [0.29, 0.717) is 5.56 Å². The topological polar surface area (TPSA) is 36.7 Å². The van der Waals surface area contributed by atoms with Gasteiger partial charge in [-0.25, -0.2) is 4.98 Å². The van der Waals surface area contributed by atoms with Gasteiger partial charge in [-0.05, 0) is 35.6 Å². The molecule has 2 heterocycles. The lowest BCUT2D eigenvalue weighted by Crippen LogP contribution is -1.95. The molecule has 0 bridgehead atoms. The quantitative estimate of drug-likeness (QED) is 0.341. The maximum atomic E-state index is 9.92. The summed E-state index contributed by atoms with van der Waals surface area (Å²) < 4.78 is 0. The second kappa shape index (κ2) is 8.43. The molecule has 0 aliphatic carbocycles. The molecule has 4 aromatic rings. The van der Waals surface area contributed by atoms with Crippen LogP contribution in [0, 0.1) is 18.3 Å². The van der Waals surface area contributed by atoms with Crippen LogP contribution < -0.4 is 0 Å². The number of pyridine rings is 1. The molecule has 2 aromatic heterocycles. The molecule has 0 radical (unpaired) electrons. The summed E-state index contributed by atoms with van der Waals surface area (Å²) in [5.74, 6) is 0.783. The molecule has 0 amide bonds. The highest BCUT2D eigenvalue weighted by Crippen LogP contribution is 2.36. The van der Waals surface area contributed by atoms with Gasteiger partial charge in [0, 0.05) is 11.3 Å². The predicted molar refractivity (Wildman–Crippen MR) is 118 cm³/mol. The Morgan fingerprint density at radius 2 is 1.86 bits per heavy atom. The third-order valence-electron chi connectivity index (χ3n) is 4.41. The number of hydrogen-bond acceptors (Lipinski definition) is 4. The van der Waals surface area contributed by atoms with Crippen LogP contribution in [0.25, 0.3) is 21.7 Å². The normalized spacial score (nSPS) is 10.6. The Kier molecular flexibility index (Phi) is 5.57. The lowest BCUT2D eigenvalue weighted by atomic mass is 10.0. The molecule has 0 atom stereocenters. The Hall–Kier alpha value is -2.87. The van der Waals surface area contributed by atoms with Crippen LogP contribution in [0.15, 0.2) is 83.2 Å². The summed E-state index contributed by atoms with van der Waals surface area (Å²) in [4.78, 5) is 5.97. The van der Waals surface area contributed by atoms with E-state index in [4.69, 9.17) is 4.98 Å². The van der Waals surface area contributed by atoms with E-state index in [9.17, 15) is 5.26 Å². The fourth-order valence-electron chi connectivity index (χ4n) is 3.08. The minimum absolute atomic E-state index is 0.643. The lowest BCUT2D eigenvalue weighted by molar-refractivity contribution is 1.12. The predicted octanol–water partition coefficient (Wildman–Crippen LogP) is 6.95. The number of thioether (sulfide) groups is 1. The molecule has 0 fully saturated rings. The van der Waals surface area contributed by atoms with Crippen molar-refractivity contribution in [3.05, 3.63) is 94.9 Å². The molecule has 2 aromatic carbocycles. The minimum atomic E-state index is 0.643. The molecule has 0 N–H and O–H groups in total. The van der Waals surface area contributed by atoms with Crippen molar-refractivity contribution in [2.24, 2.45) is 0 Å². The smallest absolute Gasteiger partial charge is 0.116 e. The van der Waals surface area contributed by atoms with Crippen LogP contribution in [0.5, 0.6) is 0 Å². The molecule has 0 saturated carbocycles. The van der Waals surface area contributed by atoms with E-state index >= 15 is 0 Å². The van der Waals surface area contributed by atoms with Gasteiger partial charge >= 0.3 is 0 Å². The Bertz CT molecular complexity index is 1130. The van der Waals surface area contributed by atoms with Gasteiger partial charge in [0.2, 0.25) is 0 Å². The number of aromatic nitrogens is 1. The van der Waals surface area contributed by atoms with E-state index in [2.05, 4.69) is 48.7 Å². The van der Waals surface area contributed by atoms with E-state index in [1.807, 2.05) is 42.5 Å². The monoisotopic (exact) mass is 398 g/mol. The van der Waals surface area contributed by atoms with E-state index in [1.54, 1.807) is 23.1 Å². The molecule has 0 unspecified atom stereocenters. The van der Waals surface area contributed by atoms with Crippen molar-refractivity contribution < 1.29 is 0 Å². The Morgan fingerprint density at radius 1 is 1.00 bits per heavy atom. The van der Waals surface area contributed by atoms with Crippen LogP contribution in [0.2, 0.25) is 0 Å². The Morgan fingerprint density at radius 3 is 2.57 bits per heavy atom. The molecule has 0 spiro atoms. The summed E-state index contributed by atoms with van der Waals surface area (Å²) in [6, 6.07) is 27.1. The molecule has 0 aliphatic rings. The zero-order valence-electron chi connectivity index (χ0n) is 15.4. The molecular weight excluding hydrogens is 380 g/mol.